The van der Waals surface area contributed by atoms with Crippen molar-refractivity contribution in [3.8, 4) is 6.19 Å². The number of amides is 2. The molecule has 4 N–H and O–H groups in total. The number of nitrogens with zero attached hydrogens (tertiary/aromatic N) is 4. The molecule has 3 heterocycles. The van der Waals surface area contributed by atoms with Crippen molar-refractivity contribution >= 4 is 68.4 Å². The minimum Gasteiger partial charge on any atom is -0.479 e. The van der Waals surface area contributed by atoms with Gasteiger partial charge in [0.15, 0.2) is 11.7 Å². The van der Waals surface area contributed by atoms with Crippen LogP contribution in [0.1, 0.15) is 44.0 Å². The van der Waals surface area contributed by atoms with E-state index in [2.05, 4.69) is 15.6 Å². The molecular weight excluding hydrogens is 615 g/mol. The number of aliphatic carboxylic acids is 1. The molecule has 1 aliphatic carbocycles. The molecule has 0 bridgehead atoms. The van der Waals surface area contributed by atoms with Crippen molar-refractivity contribution < 1.29 is 24.6 Å². The second-order valence-electron chi connectivity index (χ2n) is 10.8. The first-order valence-electron chi connectivity index (χ1n) is 13.6. The highest BCUT2D eigenvalue weighted by molar-refractivity contribution is 7.20. The van der Waals surface area contributed by atoms with E-state index in [0.717, 1.165) is 10.1 Å². The van der Waals surface area contributed by atoms with Crippen molar-refractivity contribution in [1.29, 1.82) is 5.26 Å². The Bertz CT molecular complexity index is 1700. The standard InChI is InChI=1S/C29H26Cl2N6O5S/c30-19-9-16-12-36(26(40)21-10-15-3-1-2-4-20(15)43-21)8-6-18(16)24(31)23(19)25(39)35-29(27(41)42)11-22(29)34-28(33-14-32)37-7-5-17(38)13-37/h1-4,9-10,17,22,38H,5-8,11-13H2,(H,33,34)(H,35,39)(H,41,42)/t17-,22+,29?/m0/s1. The second-order valence-corrected chi connectivity index (χ2v) is 12.7. The molecule has 6 rings (SSSR count). The summed E-state index contributed by atoms with van der Waals surface area (Å²) in [6.07, 6.45) is 2.09. The van der Waals surface area contributed by atoms with E-state index >= 15 is 0 Å². The van der Waals surface area contributed by atoms with Gasteiger partial charge in [-0.1, -0.05) is 41.4 Å². The summed E-state index contributed by atoms with van der Waals surface area (Å²) in [6.45, 7) is 1.35. The lowest BCUT2D eigenvalue weighted by atomic mass is 9.96. The maximum Gasteiger partial charge on any atom is 0.331 e. The number of nitriles is 1. The third-order valence-electron chi connectivity index (χ3n) is 8.11. The zero-order valence-electron chi connectivity index (χ0n) is 22.6. The first kappa shape index (κ1) is 29.2. The first-order chi connectivity index (χ1) is 20.6. The van der Waals surface area contributed by atoms with E-state index in [1.54, 1.807) is 22.1 Å². The van der Waals surface area contributed by atoms with Gasteiger partial charge in [0.05, 0.1) is 32.6 Å². The van der Waals surface area contributed by atoms with Crippen LogP contribution in [0.25, 0.3) is 10.1 Å². The largest absolute Gasteiger partial charge is 0.479 e. The van der Waals surface area contributed by atoms with Crippen LogP contribution in [-0.4, -0.2) is 81.1 Å². The number of rotatable bonds is 5. The third-order valence-corrected chi connectivity index (χ3v) is 9.93. The number of carboxylic acid groups (broad SMARTS) is 1. The maximum absolute atomic E-state index is 13.5. The zero-order chi connectivity index (χ0) is 30.5. The highest BCUT2D eigenvalue weighted by atomic mass is 35.5. The van der Waals surface area contributed by atoms with Gasteiger partial charge in [0.1, 0.15) is 0 Å². The number of hydrogen-bond donors (Lipinski definition) is 4. The van der Waals surface area contributed by atoms with Gasteiger partial charge in [-0.05, 0) is 47.6 Å². The highest BCUT2D eigenvalue weighted by Gasteiger charge is 2.63. The minimum atomic E-state index is -1.71. The van der Waals surface area contributed by atoms with Crippen molar-refractivity contribution in [1.82, 2.24) is 20.4 Å². The molecule has 43 heavy (non-hydrogen) atoms. The number of nitrogens with one attached hydrogen (secondary N) is 2. The molecule has 1 aromatic heterocycles. The van der Waals surface area contributed by atoms with Gasteiger partial charge in [0.25, 0.3) is 11.8 Å². The van der Waals surface area contributed by atoms with Crippen LogP contribution in [0.4, 0.5) is 0 Å². The molecule has 1 saturated heterocycles. The van der Waals surface area contributed by atoms with E-state index in [4.69, 9.17) is 28.5 Å². The predicted molar refractivity (Wildman–Crippen MR) is 161 cm³/mol. The van der Waals surface area contributed by atoms with E-state index in [1.807, 2.05) is 30.3 Å². The zero-order valence-corrected chi connectivity index (χ0v) is 25.0. The van der Waals surface area contributed by atoms with Gasteiger partial charge in [-0.15, -0.1) is 11.3 Å². The Balaban J connectivity index is 1.20. The first-order valence-corrected chi connectivity index (χ1v) is 15.2. The molecule has 2 aliphatic heterocycles. The van der Waals surface area contributed by atoms with Gasteiger partial charge < -0.3 is 25.3 Å². The number of hydrogen-bond acceptors (Lipinski definition) is 7. The number of halogens is 2. The van der Waals surface area contributed by atoms with Crippen molar-refractivity contribution in [2.45, 2.75) is 43.5 Å². The fourth-order valence-corrected chi connectivity index (χ4v) is 7.48. The SMILES string of the molecule is N#CNC(=N[C@@H]1CC1(NC(=O)c1c(Cl)cc2c(c1Cl)CCN(C(=O)c1cc3ccccc3s1)C2)C(=O)O)N1CC[C@H](O)C1. The van der Waals surface area contributed by atoms with Crippen LogP contribution >= 0.6 is 34.5 Å². The summed E-state index contributed by atoms with van der Waals surface area (Å²) in [7, 11) is 0. The molecule has 2 fully saturated rings. The van der Waals surface area contributed by atoms with Crippen LogP contribution in [0.15, 0.2) is 41.4 Å². The van der Waals surface area contributed by atoms with Crippen LogP contribution in [-0.2, 0) is 17.8 Å². The molecule has 2 amide bonds. The summed E-state index contributed by atoms with van der Waals surface area (Å²) in [4.78, 5) is 47.5. The Labute approximate surface area is 260 Å². The fraction of sp³-hybridized carbons (Fsp3) is 0.345. The van der Waals surface area contributed by atoms with Gasteiger partial charge in [0.2, 0.25) is 5.96 Å². The number of likely N-dealkylation sites (tertiary alicyclic amines) is 1. The molecule has 3 aliphatic rings. The Morgan fingerprint density at radius 3 is 2.65 bits per heavy atom. The second kappa shape index (κ2) is 11.3. The number of aliphatic imine (C=N–C) groups is 1. The van der Waals surface area contributed by atoms with Crippen molar-refractivity contribution in [3.63, 3.8) is 0 Å². The Hall–Kier alpha value is -3.89. The maximum atomic E-state index is 13.5. The van der Waals surface area contributed by atoms with Crippen LogP contribution in [0, 0.1) is 11.5 Å². The summed E-state index contributed by atoms with van der Waals surface area (Å²) in [5.74, 6) is -2.00. The van der Waals surface area contributed by atoms with Crippen LogP contribution < -0.4 is 10.6 Å². The number of aliphatic hydroxyl groups is 1. The lowest BCUT2D eigenvalue weighted by Crippen LogP contribution is -2.47. The predicted octanol–water partition coefficient (Wildman–Crippen LogP) is 3.23. The summed E-state index contributed by atoms with van der Waals surface area (Å²) in [5.41, 5.74) is -0.360. The highest BCUT2D eigenvalue weighted by Crippen LogP contribution is 2.42. The van der Waals surface area contributed by atoms with Crippen molar-refractivity contribution in [3.05, 3.63) is 68.0 Å². The summed E-state index contributed by atoms with van der Waals surface area (Å²) in [5, 5.41) is 35.2. The van der Waals surface area contributed by atoms with Crippen LogP contribution in [0.2, 0.25) is 10.0 Å². The number of thiophene rings is 1. The molecule has 3 atom stereocenters. The minimum absolute atomic E-state index is 0.00391. The quantitative estimate of drug-likeness (QED) is 0.143. The van der Waals surface area contributed by atoms with E-state index in [9.17, 15) is 24.6 Å². The van der Waals surface area contributed by atoms with Crippen molar-refractivity contribution in [2.75, 3.05) is 19.6 Å². The number of guanidine groups is 1. The molecular formula is C29H26Cl2N6O5S. The van der Waals surface area contributed by atoms with Crippen molar-refractivity contribution in [2.24, 2.45) is 4.99 Å². The molecule has 1 saturated carbocycles. The number of carbonyl (C=O) groups is 3. The third kappa shape index (κ3) is 5.38. The fourth-order valence-electron chi connectivity index (χ4n) is 5.69. The molecule has 222 valence electrons. The molecule has 2 aromatic carbocycles. The van der Waals surface area contributed by atoms with Crippen LogP contribution in [0.5, 0.6) is 0 Å². The van der Waals surface area contributed by atoms with Crippen LogP contribution in [0.3, 0.4) is 0 Å². The van der Waals surface area contributed by atoms with Gasteiger partial charge in [-0.25, -0.2) is 9.79 Å². The van der Waals surface area contributed by atoms with E-state index in [-0.39, 0.29) is 47.0 Å². The Morgan fingerprint density at radius 2 is 1.95 bits per heavy atom. The molecule has 0 spiro atoms. The Morgan fingerprint density at radius 1 is 1.16 bits per heavy atom. The van der Waals surface area contributed by atoms with E-state index in [1.165, 1.54) is 11.3 Å². The van der Waals surface area contributed by atoms with Gasteiger partial charge in [0, 0.05) is 37.3 Å². The topological polar surface area (TPSA) is 158 Å². The number of fused-ring (bicyclic) bond motifs is 2. The number of benzene rings is 2. The normalized spacial score (nSPS) is 23.1. The summed E-state index contributed by atoms with van der Waals surface area (Å²) < 4.78 is 1.03. The molecule has 3 aromatic rings. The average Bonchev–Trinajstić information content (AvgIpc) is 3.28. The summed E-state index contributed by atoms with van der Waals surface area (Å²) in [6, 6.07) is 10.4. The number of carbonyl (C=O) groups excluding carboxylic acids is 2. The molecule has 0 radical (unpaired) electrons. The average molecular weight is 642 g/mol. The monoisotopic (exact) mass is 640 g/mol. The van der Waals surface area contributed by atoms with Gasteiger partial charge in [-0.2, -0.15) is 5.26 Å². The molecule has 14 heteroatoms. The number of carboxylic acids is 1. The smallest absolute Gasteiger partial charge is 0.331 e. The number of β-amino-alcohol motifs (C(OH)–C–C–N with tert-alkyl or cyclic N) is 1. The van der Waals surface area contributed by atoms with Gasteiger partial charge >= 0.3 is 5.97 Å². The lowest BCUT2D eigenvalue weighted by molar-refractivity contribution is -0.140. The summed E-state index contributed by atoms with van der Waals surface area (Å²) >= 11 is 14.7. The van der Waals surface area contributed by atoms with E-state index < -0.39 is 29.6 Å². The lowest BCUT2D eigenvalue weighted by Gasteiger charge is -2.30. The van der Waals surface area contributed by atoms with Gasteiger partial charge in [-0.3, -0.25) is 14.9 Å². The molecule has 11 nitrogen and oxygen atoms in total. The molecule has 1 unspecified atom stereocenters. The Kier molecular flexibility index (Phi) is 7.68. The number of aliphatic hydroxyl groups excluding tert-OH is 1. The van der Waals surface area contributed by atoms with E-state index in [0.29, 0.717) is 41.9 Å².